The number of aromatic nitrogens is 2. The van der Waals surface area contributed by atoms with Crippen molar-refractivity contribution in [1.82, 2.24) is 19.8 Å². The minimum Gasteiger partial charge on any atom is -0.353 e. The van der Waals surface area contributed by atoms with E-state index in [9.17, 15) is 4.79 Å². The van der Waals surface area contributed by atoms with Crippen LogP contribution in [0.3, 0.4) is 0 Å². The Bertz CT molecular complexity index is 674. The average Bonchev–Trinajstić information content (AvgIpc) is 3.02. The summed E-state index contributed by atoms with van der Waals surface area (Å²) in [7, 11) is 1.98. The number of hydrogen-bond acceptors (Lipinski definition) is 4. The van der Waals surface area contributed by atoms with Gasteiger partial charge in [-0.1, -0.05) is 6.07 Å². The maximum atomic E-state index is 12.6. The highest BCUT2D eigenvalue weighted by Crippen LogP contribution is 2.30. The maximum Gasteiger partial charge on any atom is 0.230 e. The van der Waals surface area contributed by atoms with Crippen LogP contribution in [-0.2, 0) is 24.9 Å². The second-order valence-corrected chi connectivity index (χ2v) is 7.30. The first-order chi connectivity index (χ1) is 10.7. The van der Waals surface area contributed by atoms with Crippen molar-refractivity contribution in [2.24, 2.45) is 7.05 Å². The summed E-state index contributed by atoms with van der Waals surface area (Å²) in [6, 6.07) is 4.63. The molecule has 1 fully saturated rings. The zero-order valence-corrected chi connectivity index (χ0v) is 13.5. The summed E-state index contributed by atoms with van der Waals surface area (Å²) in [5.41, 5.74) is 2.13. The number of carbonyl (C=O) groups is 1. The summed E-state index contributed by atoms with van der Waals surface area (Å²) >= 11 is 1.77. The smallest absolute Gasteiger partial charge is 0.230 e. The SMILES string of the molecule is Cn1cnc2c1[C@@H](C(=O)NC1CC1)CN(Cc1cccs1)C2. The fourth-order valence-corrected chi connectivity index (χ4v) is 3.90. The Hall–Kier alpha value is -1.66. The first-order valence-electron chi connectivity index (χ1n) is 7.76. The van der Waals surface area contributed by atoms with Gasteiger partial charge in [-0.05, 0) is 24.3 Å². The standard InChI is InChI=1S/C16H20N4OS/c1-19-10-17-14-9-20(7-12-3-2-6-22-12)8-13(15(14)19)16(21)18-11-4-5-11/h2-3,6,10-11,13H,4-5,7-9H2,1H3,(H,18,21)/t13-/m0/s1. The number of aryl methyl sites for hydroxylation is 1. The van der Waals surface area contributed by atoms with Gasteiger partial charge in [0, 0.05) is 37.6 Å². The molecule has 1 atom stereocenters. The van der Waals surface area contributed by atoms with Crippen LogP contribution in [0.15, 0.2) is 23.8 Å². The van der Waals surface area contributed by atoms with Gasteiger partial charge >= 0.3 is 0 Å². The number of carbonyl (C=O) groups excluding carboxylic acids is 1. The summed E-state index contributed by atoms with van der Waals surface area (Å²) in [4.78, 5) is 20.8. The second-order valence-electron chi connectivity index (χ2n) is 6.27. The lowest BCUT2D eigenvalue weighted by Crippen LogP contribution is -2.42. The van der Waals surface area contributed by atoms with Crippen LogP contribution in [0.1, 0.15) is 35.0 Å². The maximum absolute atomic E-state index is 12.6. The van der Waals surface area contributed by atoms with Gasteiger partial charge in [0.1, 0.15) is 0 Å². The minimum absolute atomic E-state index is 0.114. The Kier molecular flexibility index (Phi) is 3.50. The molecule has 6 heteroatoms. The normalized spacial score (nSPS) is 21.6. The fourth-order valence-electron chi connectivity index (χ4n) is 3.16. The molecule has 0 aromatic carbocycles. The molecule has 22 heavy (non-hydrogen) atoms. The molecule has 0 saturated heterocycles. The summed E-state index contributed by atoms with van der Waals surface area (Å²) in [6.45, 7) is 2.48. The Morgan fingerprint density at radius 1 is 1.50 bits per heavy atom. The van der Waals surface area contributed by atoms with Crippen molar-refractivity contribution in [3.05, 3.63) is 40.1 Å². The van der Waals surface area contributed by atoms with Gasteiger partial charge < -0.3 is 9.88 Å². The topological polar surface area (TPSA) is 50.2 Å². The van der Waals surface area contributed by atoms with Crippen LogP contribution in [0.4, 0.5) is 0 Å². The highest BCUT2D eigenvalue weighted by Gasteiger charge is 2.36. The number of hydrogen-bond donors (Lipinski definition) is 1. The van der Waals surface area contributed by atoms with Crippen molar-refractivity contribution in [2.75, 3.05) is 6.54 Å². The van der Waals surface area contributed by atoms with Crippen molar-refractivity contribution in [3.8, 4) is 0 Å². The van der Waals surface area contributed by atoms with Crippen molar-refractivity contribution in [3.63, 3.8) is 0 Å². The molecule has 2 aromatic heterocycles. The molecule has 1 aliphatic carbocycles. The predicted octanol–water partition coefficient (Wildman–Crippen LogP) is 1.86. The lowest BCUT2D eigenvalue weighted by Gasteiger charge is -2.32. The summed E-state index contributed by atoms with van der Waals surface area (Å²) < 4.78 is 2.01. The Morgan fingerprint density at radius 3 is 3.09 bits per heavy atom. The van der Waals surface area contributed by atoms with E-state index in [4.69, 9.17) is 0 Å². The van der Waals surface area contributed by atoms with Gasteiger partial charge in [0.25, 0.3) is 0 Å². The largest absolute Gasteiger partial charge is 0.353 e. The van der Waals surface area contributed by atoms with E-state index in [2.05, 4.69) is 32.7 Å². The van der Waals surface area contributed by atoms with Crippen molar-refractivity contribution >= 4 is 17.2 Å². The van der Waals surface area contributed by atoms with Crippen LogP contribution in [0.5, 0.6) is 0 Å². The average molecular weight is 316 g/mol. The van der Waals surface area contributed by atoms with Crippen molar-refractivity contribution < 1.29 is 4.79 Å². The van der Waals surface area contributed by atoms with E-state index < -0.39 is 0 Å². The third-order valence-electron chi connectivity index (χ3n) is 4.41. The van der Waals surface area contributed by atoms with E-state index in [0.29, 0.717) is 6.04 Å². The number of amides is 1. The number of rotatable bonds is 4. The highest BCUT2D eigenvalue weighted by atomic mass is 32.1. The molecule has 2 aromatic rings. The van der Waals surface area contributed by atoms with Gasteiger partial charge in [-0.25, -0.2) is 4.98 Å². The van der Waals surface area contributed by atoms with Crippen LogP contribution >= 0.6 is 11.3 Å². The number of imidazole rings is 1. The van der Waals surface area contributed by atoms with E-state index in [1.54, 1.807) is 11.3 Å². The van der Waals surface area contributed by atoms with Crippen LogP contribution < -0.4 is 5.32 Å². The number of nitrogens with zero attached hydrogens (tertiary/aromatic N) is 3. The van der Waals surface area contributed by atoms with Gasteiger partial charge in [-0.2, -0.15) is 0 Å². The van der Waals surface area contributed by atoms with Crippen molar-refractivity contribution in [2.45, 2.75) is 37.9 Å². The molecule has 116 valence electrons. The van der Waals surface area contributed by atoms with E-state index in [1.807, 2.05) is 17.9 Å². The molecule has 0 unspecified atom stereocenters. The molecule has 0 bridgehead atoms. The summed E-state index contributed by atoms with van der Waals surface area (Å²) in [6.07, 6.45) is 4.07. The molecular formula is C16H20N4OS. The molecule has 1 aliphatic heterocycles. The van der Waals surface area contributed by atoms with Gasteiger partial charge in [0.15, 0.2) is 0 Å². The number of thiophene rings is 1. The van der Waals surface area contributed by atoms with Crippen LogP contribution in [0.25, 0.3) is 0 Å². The molecule has 5 nitrogen and oxygen atoms in total. The van der Waals surface area contributed by atoms with Gasteiger partial charge in [0.2, 0.25) is 5.91 Å². The summed E-state index contributed by atoms with van der Waals surface area (Å²) in [5.74, 6) is 0.0417. The van der Waals surface area contributed by atoms with E-state index in [0.717, 1.165) is 43.9 Å². The van der Waals surface area contributed by atoms with E-state index in [-0.39, 0.29) is 11.8 Å². The first-order valence-corrected chi connectivity index (χ1v) is 8.64. The van der Waals surface area contributed by atoms with Crippen LogP contribution in [0, 0.1) is 0 Å². The molecule has 0 radical (unpaired) electrons. The van der Waals surface area contributed by atoms with E-state index >= 15 is 0 Å². The zero-order valence-electron chi connectivity index (χ0n) is 12.7. The third-order valence-corrected chi connectivity index (χ3v) is 5.27. The highest BCUT2D eigenvalue weighted by molar-refractivity contribution is 7.09. The molecule has 0 spiro atoms. The molecule has 1 amide bonds. The fraction of sp³-hybridized carbons (Fsp3) is 0.500. The van der Waals surface area contributed by atoms with Gasteiger partial charge in [-0.15, -0.1) is 11.3 Å². The van der Waals surface area contributed by atoms with Gasteiger partial charge in [0.05, 0.1) is 23.6 Å². The first kappa shape index (κ1) is 14.0. The molecule has 1 saturated carbocycles. The molecule has 2 aliphatic rings. The summed E-state index contributed by atoms with van der Waals surface area (Å²) in [5, 5.41) is 5.26. The minimum atomic E-state index is -0.114. The molecular weight excluding hydrogens is 296 g/mol. The molecule has 4 rings (SSSR count). The Morgan fingerprint density at radius 2 is 2.36 bits per heavy atom. The second kappa shape index (κ2) is 5.52. The van der Waals surface area contributed by atoms with Crippen LogP contribution in [0.2, 0.25) is 0 Å². The monoisotopic (exact) mass is 316 g/mol. The zero-order chi connectivity index (χ0) is 15.1. The van der Waals surface area contributed by atoms with Crippen LogP contribution in [-0.4, -0.2) is 32.9 Å². The molecule has 1 N–H and O–H groups in total. The van der Waals surface area contributed by atoms with Gasteiger partial charge in [-0.3, -0.25) is 9.69 Å². The number of fused-ring (bicyclic) bond motifs is 1. The lowest BCUT2D eigenvalue weighted by molar-refractivity contribution is -0.123. The Balaban J connectivity index is 1.57. The van der Waals surface area contributed by atoms with Crippen molar-refractivity contribution in [1.29, 1.82) is 0 Å². The molecule has 3 heterocycles. The number of nitrogens with one attached hydrogen (secondary N) is 1. The lowest BCUT2D eigenvalue weighted by atomic mass is 9.97. The quantitative estimate of drug-likeness (QED) is 0.937. The predicted molar refractivity (Wildman–Crippen MR) is 85.5 cm³/mol. The third kappa shape index (κ3) is 2.68. The van der Waals surface area contributed by atoms with E-state index in [1.165, 1.54) is 4.88 Å². The Labute approximate surface area is 134 Å².